The summed E-state index contributed by atoms with van der Waals surface area (Å²) in [4.78, 5) is 23.7. The average Bonchev–Trinajstić information content (AvgIpc) is 3.10. The normalized spacial score (nSPS) is 26.0. The summed E-state index contributed by atoms with van der Waals surface area (Å²) >= 11 is 0. The number of amides is 1. The number of hydrogen-bond acceptors (Lipinski definition) is 6. The van der Waals surface area contributed by atoms with E-state index in [9.17, 15) is 18.0 Å². The first kappa shape index (κ1) is 24.2. The number of esters is 1. The van der Waals surface area contributed by atoms with Crippen molar-refractivity contribution in [2.75, 3.05) is 19.9 Å². The third-order valence-electron chi connectivity index (χ3n) is 6.55. The molecule has 3 rings (SSSR count). The molecule has 0 aromatic heterocycles. The molecular weight excluding hydrogens is 432 g/mol. The van der Waals surface area contributed by atoms with Crippen LogP contribution < -0.4 is 11.1 Å². The molecule has 1 saturated heterocycles. The van der Waals surface area contributed by atoms with Gasteiger partial charge in [-0.05, 0) is 43.6 Å². The summed E-state index contributed by atoms with van der Waals surface area (Å²) in [5, 5.41) is 10.4. The summed E-state index contributed by atoms with van der Waals surface area (Å²) in [6, 6.07) is 7.25. The lowest BCUT2D eigenvalue weighted by Crippen LogP contribution is -2.47. The zero-order valence-corrected chi connectivity index (χ0v) is 19.4. The molecule has 9 nitrogen and oxygen atoms in total. The molecule has 1 aliphatic heterocycles. The number of rotatable bonds is 8. The van der Waals surface area contributed by atoms with Crippen LogP contribution in [0.2, 0.25) is 0 Å². The van der Waals surface area contributed by atoms with Crippen molar-refractivity contribution in [2.24, 2.45) is 11.7 Å². The summed E-state index contributed by atoms with van der Waals surface area (Å²) in [5.74, 6) is -0.782. The lowest BCUT2D eigenvalue weighted by molar-refractivity contribution is -0.143. The van der Waals surface area contributed by atoms with Crippen molar-refractivity contribution >= 4 is 27.7 Å². The molecule has 1 heterocycles. The molecule has 1 amide bonds. The van der Waals surface area contributed by atoms with Crippen LogP contribution in [0.4, 0.5) is 0 Å². The topological polar surface area (TPSA) is 143 Å². The summed E-state index contributed by atoms with van der Waals surface area (Å²) in [7, 11) is -2.18. The maximum Gasteiger partial charge on any atom is 0.306 e. The molecule has 1 saturated carbocycles. The van der Waals surface area contributed by atoms with Crippen molar-refractivity contribution < 1.29 is 22.7 Å². The number of sulfonamides is 1. The van der Waals surface area contributed by atoms with E-state index >= 15 is 0 Å². The van der Waals surface area contributed by atoms with Gasteiger partial charge in [-0.3, -0.25) is 15.0 Å². The number of benzene rings is 1. The van der Waals surface area contributed by atoms with Gasteiger partial charge in [0.25, 0.3) is 0 Å². The van der Waals surface area contributed by atoms with E-state index in [-0.39, 0.29) is 36.8 Å². The number of carbonyl (C=O) groups excluding carboxylic acids is 2. The molecule has 1 aromatic rings. The summed E-state index contributed by atoms with van der Waals surface area (Å²) < 4.78 is 31.3. The zero-order chi connectivity index (χ0) is 23.5. The minimum absolute atomic E-state index is 0.00519. The van der Waals surface area contributed by atoms with Crippen molar-refractivity contribution in [1.29, 1.82) is 5.41 Å². The van der Waals surface area contributed by atoms with Crippen LogP contribution >= 0.6 is 0 Å². The molecule has 32 heavy (non-hydrogen) atoms. The van der Waals surface area contributed by atoms with Gasteiger partial charge in [-0.15, -0.1) is 0 Å². The molecule has 0 unspecified atom stereocenters. The number of carbonyl (C=O) groups is 2. The minimum Gasteiger partial charge on any atom is -0.469 e. The van der Waals surface area contributed by atoms with Gasteiger partial charge in [0.2, 0.25) is 15.9 Å². The Morgan fingerprint density at radius 3 is 2.38 bits per heavy atom. The summed E-state index contributed by atoms with van der Waals surface area (Å²) in [5.41, 5.74) is 7.38. The Balaban J connectivity index is 1.61. The van der Waals surface area contributed by atoms with Gasteiger partial charge < -0.3 is 15.8 Å². The molecule has 1 aliphatic carbocycles. The zero-order valence-electron chi connectivity index (χ0n) is 18.5. The van der Waals surface area contributed by atoms with Gasteiger partial charge in [-0.1, -0.05) is 24.3 Å². The number of ether oxygens (including phenoxy) is 1. The van der Waals surface area contributed by atoms with Crippen LogP contribution in [0.3, 0.4) is 0 Å². The molecule has 10 heteroatoms. The highest BCUT2D eigenvalue weighted by atomic mass is 32.2. The first-order valence-electron chi connectivity index (χ1n) is 10.9. The highest BCUT2D eigenvalue weighted by Gasteiger charge is 2.38. The minimum atomic E-state index is -3.46. The van der Waals surface area contributed by atoms with Crippen LogP contribution in [0.25, 0.3) is 0 Å². The average molecular weight is 465 g/mol. The van der Waals surface area contributed by atoms with E-state index in [4.69, 9.17) is 11.1 Å². The molecule has 2 fully saturated rings. The third-order valence-corrected chi connectivity index (χ3v) is 7.85. The largest absolute Gasteiger partial charge is 0.469 e. The monoisotopic (exact) mass is 464 g/mol. The van der Waals surface area contributed by atoms with Crippen LogP contribution in [-0.4, -0.2) is 62.4 Å². The maximum absolute atomic E-state index is 12.6. The molecule has 176 valence electrons. The lowest BCUT2D eigenvalue weighted by atomic mass is 9.81. The second-order valence-corrected chi connectivity index (χ2v) is 10.7. The molecule has 2 atom stereocenters. The highest BCUT2D eigenvalue weighted by molar-refractivity contribution is 7.88. The molecule has 0 radical (unpaired) electrons. The van der Waals surface area contributed by atoms with Crippen LogP contribution in [0.15, 0.2) is 24.3 Å². The quantitative estimate of drug-likeness (QED) is 0.301. The fourth-order valence-electron chi connectivity index (χ4n) is 4.81. The predicted octanol–water partition coefficient (Wildman–Crippen LogP) is 1.33. The first-order chi connectivity index (χ1) is 15.1. The van der Waals surface area contributed by atoms with Crippen LogP contribution in [0.1, 0.15) is 55.6 Å². The molecule has 0 spiro atoms. The smallest absolute Gasteiger partial charge is 0.306 e. The Morgan fingerprint density at radius 1 is 1.22 bits per heavy atom. The van der Waals surface area contributed by atoms with Gasteiger partial charge in [-0.2, -0.15) is 4.31 Å². The van der Waals surface area contributed by atoms with Crippen molar-refractivity contribution in [3.05, 3.63) is 35.4 Å². The molecule has 4 N–H and O–H groups in total. The van der Waals surface area contributed by atoms with Gasteiger partial charge in [0, 0.05) is 24.2 Å². The van der Waals surface area contributed by atoms with Gasteiger partial charge >= 0.3 is 5.97 Å². The molecule has 2 aliphatic rings. The van der Waals surface area contributed by atoms with E-state index in [1.807, 2.05) is 24.3 Å². The number of methoxy groups -OCH3 is 1. The van der Waals surface area contributed by atoms with Crippen LogP contribution in [0, 0.1) is 11.3 Å². The van der Waals surface area contributed by atoms with Crippen molar-refractivity contribution in [2.45, 2.75) is 56.5 Å². The van der Waals surface area contributed by atoms with E-state index in [0.29, 0.717) is 17.9 Å². The Kier molecular flexibility index (Phi) is 7.55. The first-order valence-corrected chi connectivity index (χ1v) is 12.7. The van der Waals surface area contributed by atoms with Gasteiger partial charge in [0.1, 0.15) is 5.84 Å². The number of hydrogen-bond donors (Lipinski definition) is 3. The van der Waals surface area contributed by atoms with Crippen molar-refractivity contribution in [3.63, 3.8) is 0 Å². The van der Waals surface area contributed by atoms with Gasteiger partial charge in [0.05, 0.1) is 25.7 Å². The third kappa shape index (κ3) is 5.86. The van der Waals surface area contributed by atoms with E-state index in [1.54, 1.807) is 0 Å². The Bertz CT molecular complexity index is 955. The van der Waals surface area contributed by atoms with E-state index in [0.717, 1.165) is 25.7 Å². The Morgan fingerprint density at radius 2 is 1.84 bits per heavy atom. The van der Waals surface area contributed by atoms with E-state index in [1.165, 1.54) is 23.2 Å². The fraction of sp³-hybridized carbons (Fsp3) is 0.591. The second-order valence-electron chi connectivity index (χ2n) is 8.79. The fourth-order valence-corrected chi connectivity index (χ4v) is 6.02. The SMILES string of the molecule is COC(=O)C[C@@H]1C[C@@H](CN(C2CCC(c3ccc(C(=N)N)cc3)CC2)S(C)(=O)=O)NC1=O. The van der Waals surface area contributed by atoms with Crippen molar-refractivity contribution in [3.8, 4) is 0 Å². The van der Waals surface area contributed by atoms with Crippen molar-refractivity contribution in [1.82, 2.24) is 9.62 Å². The number of nitrogens with two attached hydrogens (primary N) is 1. The standard InChI is InChI=1S/C22H32N4O5S/c1-31-20(27)12-17-11-18(25-22(17)28)13-26(32(2,29)30)19-9-7-15(8-10-19)14-3-5-16(6-4-14)21(23)24/h3-6,15,17-19H,7-13H2,1-2H3,(H3,23,24)(H,25,28)/t15?,17-,18-,19?/m0/s1. The van der Waals surface area contributed by atoms with E-state index in [2.05, 4.69) is 10.1 Å². The molecule has 0 bridgehead atoms. The van der Waals surface area contributed by atoms with E-state index < -0.39 is 21.9 Å². The van der Waals surface area contributed by atoms with Gasteiger partial charge in [0.15, 0.2) is 0 Å². The summed E-state index contributed by atoms with van der Waals surface area (Å²) in [6.07, 6.45) is 4.82. The number of nitrogens with zero attached hydrogens (tertiary/aromatic N) is 1. The number of amidine groups is 1. The lowest BCUT2D eigenvalue weighted by Gasteiger charge is -2.36. The predicted molar refractivity (Wildman–Crippen MR) is 121 cm³/mol. The molecule has 1 aromatic carbocycles. The number of nitrogens with one attached hydrogen (secondary N) is 2. The molecular formula is C22H32N4O5S. The van der Waals surface area contributed by atoms with Crippen LogP contribution in [-0.2, 0) is 24.3 Å². The number of nitrogen functional groups attached to an aromatic ring is 1. The van der Waals surface area contributed by atoms with Crippen LogP contribution in [0.5, 0.6) is 0 Å². The second kappa shape index (κ2) is 9.99. The summed E-state index contributed by atoms with van der Waals surface area (Å²) in [6.45, 7) is 0.213. The Hall–Kier alpha value is -2.46. The van der Waals surface area contributed by atoms with Gasteiger partial charge in [-0.25, -0.2) is 8.42 Å². The highest BCUT2D eigenvalue weighted by Crippen LogP contribution is 2.36. The Labute approximate surface area is 189 Å². The maximum atomic E-state index is 12.6.